The van der Waals surface area contributed by atoms with Crippen molar-refractivity contribution in [1.82, 2.24) is 5.32 Å². The molecule has 0 fully saturated rings. The second-order valence-electron chi connectivity index (χ2n) is 6.27. The number of hydrogen-bond acceptors (Lipinski definition) is 3. The number of anilines is 1. The van der Waals surface area contributed by atoms with Crippen LogP contribution in [-0.2, 0) is 6.54 Å². The van der Waals surface area contributed by atoms with Gasteiger partial charge in [0, 0.05) is 25.7 Å². The molecular formula is C16H26F2N2O. The molecule has 3 nitrogen and oxygen atoms in total. The first-order valence-electron chi connectivity index (χ1n) is 7.32. The summed E-state index contributed by atoms with van der Waals surface area (Å²) in [6, 6.07) is 2.94. The maximum atomic E-state index is 14.3. The largest absolute Gasteiger partial charge is 0.389 e. The Kier molecular flexibility index (Phi) is 6.10. The number of nitrogens with zero attached hydrogens (tertiary/aromatic N) is 1. The van der Waals surface area contributed by atoms with Crippen molar-refractivity contribution in [2.45, 2.75) is 52.8 Å². The summed E-state index contributed by atoms with van der Waals surface area (Å²) in [7, 11) is 0. The van der Waals surface area contributed by atoms with Crippen LogP contribution in [0.1, 0.15) is 40.2 Å². The second kappa shape index (κ2) is 7.18. The summed E-state index contributed by atoms with van der Waals surface area (Å²) < 4.78 is 28.5. The van der Waals surface area contributed by atoms with E-state index in [4.69, 9.17) is 0 Å². The van der Waals surface area contributed by atoms with Gasteiger partial charge in [0.1, 0.15) is 17.3 Å². The molecule has 1 aromatic carbocycles. The predicted molar refractivity (Wildman–Crippen MR) is 82.5 cm³/mol. The molecule has 0 saturated carbocycles. The molecule has 2 N–H and O–H groups in total. The molecular weight excluding hydrogens is 274 g/mol. The zero-order valence-corrected chi connectivity index (χ0v) is 13.5. The van der Waals surface area contributed by atoms with Gasteiger partial charge >= 0.3 is 0 Å². The number of aliphatic hydroxyl groups is 1. The van der Waals surface area contributed by atoms with Gasteiger partial charge in [-0.2, -0.15) is 0 Å². The van der Waals surface area contributed by atoms with Crippen molar-refractivity contribution in [3.05, 3.63) is 29.3 Å². The molecule has 5 heteroatoms. The Labute approximate surface area is 126 Å². The normalized spacial score (nSPS) is 12.0. The minimum atomic E-state index is -1.02. The monoisotopic (exact) mass is 300 g/mol. The molecule has 0 radical (unpaired) electrons. The fourth-order valence-electron chi connectivity index (χ4n) is 2.16. The first-order chi connectivity index (χ1) is 9.64. The van der Waals surface area contributed by atoms with Crippen LogP contribution in [0.3, 0.4) is 0 Å². The van der Waals surface area contributed by atoms with Crippen molar-refractivity contribution >= 4 is 5.69 Å². The minimum Gasteiger partial charge on any atom is -0.389 e. The number of likely N-dealkylation sites (N-methyl/N-ethyl adjacent to an activating group) is 1. The third-order valence-electron chi connectivity index (χ3n) is 3.07. The molecule has 0 spiro atoms. The highest BCUT2D eigenvalue weighted by Crippen LogP contribution is 2.26. The molecule has 0 saturated heterocycles. The molecule has 0 heterocycles. The van der Waals surface area contributed by atoms with Crippen LogP contribution in [0, 0.1) is 11.6 Å². The van der Waals surface area contributed by atoms with Gasteiger partial charge < -0.3 is 15.3 Å². The molecule has 0 bridgehead atoms. The molecule has 1 rings (SSSR count). The third-order valence-corrected chi connectivity index (χ3v) is 3.07. The summed E-state index contributed by atoms with van der Waals surface area (Å²) in [4.78, 5) is 1.52. The lowest BCUT2D eigenvalue weighted by molar-refractivity contribution is 0.0873. The van der Waals surface area contributed by atoms with E-state index < -0.39 is 17.2 Å². The Morgan fingerprint density at radius 1 is 1.24 bits per heavy atom. The summed E-state index contributed by atoms with van der Waals surface area (Å²) in [6.45, 7) is 10.00. The van der Waals surface area contributed by atoms with E-state index in [1.165, 1.54) is 17.0 Å². The van der Waals surface area contributed by atoms with E-state index in [0.717, 1.165) is 0 Å². The summed E-state index contributed by atoms with van der Waals surface area (Å²) >= 11 is 0. The van der Waals surface area contributed by atoms with Crippen LogP contribution in [0.4, 0.5) is 14.5 Å². The number of hydrogen-bond donors (Lipinski definition) is 2. The van der Waals surface area contributed by atoms with Crippen LogP contribution >= 0.6 is 0 Å². The lowest BCUT2D eigenvalue weighted by Gasteiger charge is -2.30. The molecule has 0 aliphatic rings. The average molecular weight is 300 g/mol. The lowest BCUT2D eigenvalue weighted by atomic mass is 10.1. The van der Waals surface area contributed by atoms with Gasteiger partial charge in [0.05, 0.1) is 5.60 Å². The summed E-state index contributed by atoms with van der Waals surface area (Å²) in [5.41, 5.74) is -0.526. The van der Waals surface area contributed by atoms with Gasteiger partial charge in [0.25, 0.3) is 0 Å². The number of nitrogens with one attached hydrogen (secondary N) is 1. The van der Waals surface area contributed by atoms with Crippen molar-refractivity contribution in [2.75, 3.05) is 18.0 Å². The van der Waals surface area contributed by atoms with E-state index in [-0.39, 0.29) is 18.3 Å². The predicted octanol–water partition coefficient (Wildman–Crippen LogP) is 3.06. The van der Waals surface area contributed by atoms with Crippen LogP contribution in [0.2, 0.25) is 0 Å². The molecule has 21 heavy (non-hydrogen) atoms. The number of rotatable bonds is 7. The highest BCUT2D eigenvalue weighted by Gasteiger charge is 2.23. The topological polar surface area (TPSA) is 35.5 Å². The van der Waals surface area contributed by atoms with E-state index in [2.05, 4.69) is 5.32 Å². The number of benzene rings is 1. The van der Waals surface area contributed by atoms with Gasteiger partial charge in [-0.1, -0.05) is 13.8 Å². The average Bonchev–Trinajstić information content (AvgIpc) is 2.32. The molecule has 0 amide bonds. The van der Waals surface area contributed by atoms with Crippen molar-refractivity contribution < 1.29 is 13.9 Å². The van der Waals surface area contributed by atoms with Crippen molar-refractivity contribution in [3.63, 3.8) is 0 Å². The van der Waals surface area contributed by atoms with Crippen LogP contribution in [-0.4, -0.2) is 29.8 Å². The molecule has 0 atom stereocenters. The van der Waals surface area contributed by atoms with Gasteiger partial charge in [-0.05, 0) is 38.5 Å². The molecule has 1 aromatic rings. The Morgan fingerprint density at radius 2 is 1.76 bits per heavy atom. The first kappa shape index (κ1) is 17.9. The summed E-state index contributed by atoms with van der Waals surface area (Å²) in [5, 5.41) is 13.0. The fourth-order valence-corrected chi connectivity index (χ4v) is 2.16. The van der Waals surface area contributed by atoms with Gasteiger partial charge in [-0.3, -0.25) is 0 Å². The smallest absolute Gasteiger partial charge is 0.149 e. The van der Waals surface area contributed by atoms with Crippen LogP contribution in [0.5, 0.6) is 0 Å². The maximum Gasteiger partial charge on any atom is 0.149 e. The van der Waals surface area contributed by atoms with Crippen LogP contribution in [0.25, 0.3) is 0 Å². The summed E-state index contributed by atoms with van der Waals surface area (Å²) in [6.07, 6.45) is 0. The Morgan fingerprint density at radius 3 is 2.14 bits per heavy atom. The van der Waals surface area contributed by atoms with Crippen LogP contribution < -0.4 is 10.2 Å². The standard InChI is InChI=1S/C16H26F2N2O/c1-6-20(10-16(4,5)21)15-13(17)7-12(8-14(15)18)9-19-11(2)3/h7-8,11,19,21H,6,9-10H2,1-5H3. The SMILES string of the molecule is CCN(CC(C)(C)O)c1c(F)cc(CNC(C)C)cc1F. The zero-order chi connectivity index (χ0) is 16.2. The first-order valence-corrected chi connectivity index (χ1v) is 7.32. The van der Waals surface area contributed by atoms with Crippen molar-refractivity contribution in [2.24, 2.45) is 0 Å². The molecule has 0 aromatic heterocycles. The van der Waals surface area contributed by atoms with Gasteiger partial charge in [0.15, 0.2) is 0 Å². The highest BCUT2D eigenvalue weighted by molar-refractivity contribution is 5.51. The van der Waals surface area contributed by atoms with E-state index in [0.29, 0.717) is 18.7 Å². The van der Waals surface area contributed by atoms with E-state index >= 15 is 0 Å². The molecule has 0 aliphatic heterocycles. The van der Waals surface area contributed by atoms with E-state index in [9.17, 15) is 13.9 Å². The highest BCUT2D eigenvalue weighted by atomic mass is 19.1. The van der Waals surface area contributed by atoms with Crippen molar-refractivity contribution in [1.29, 1.82) is 0 Å². The molecule has 0 unspecified atom stereocenters. The number of halogens is 2. The summed E-state index contributed by atoms with van der Waals surface area (Å²) in [5.74, 6) is -1.19. The quantitative estimate of drug-likeness (QED) is 0.812. The van der Waals surface area contributed by atoms with Gasteiger partial charge in [-0.15, -0.1) is 0 Å². The van der Waals surface area contributed by atoms with Gasteiger partial charge in [-0.25, -0.2) is 8.78 Å². The molecule has 0 aliphatic carbocycles. The zero-order valence-electron chi connectivity index (χ0n) is 13.5. The Hall–Kier alpha value is -1.20. The lowest BCUT2D eigenvalue weighted by Crippen LogP contribution is -2.39. The second-order valence-corrected chi connectivity index (χ2v) is 6.27. The van der Waals surface area contributed by atoms with Crippen molar-refractivity contribution in [3.8, 4) is 0 Å². The Balaban J connectivity index is 3.02. The minimum absolute atomic E-state index is 0.0760. The molecule has 120 valence electrons. The van der Waals surface area contributed by atoms with Crippen LogP contribution in [0.15, 0.2) is 12.1 Å². The Bertz CT molecular complexity index is 447. The fraction of sp³-hybridized carbons (Fsp3) is 0.625. The van der Waals surface area contributed by atoms with E-state index in [1.54, 1.807) is 20.8 Å². The van der Waals surface area contributed by atoms with Gasteiger partial charge in [0.2, 0.25) is 0 Å². The van der Waals surface area contributed by atoms with E-state index in [1.807, 2.05) is 13.8 Å². The maximum absolute atomic E-state index is 14.3. The third kappa shape index (κ3) is 5.59.